The summed E-state index contributed by atoms with van der Waals surface area (Å²) in [4.78, 5) is 7.76. The summed E-state index contributed by atoms with van der Waals surface area (Å²) in [5.74, 6) is 0.610. The number of aromatic amines is 1. The lowest BCUT2D eigenvalue weighted by molar-refractivity contribution is 0.175. The number of imidazole rings is 1. The number of hydrogen-bond acceptors (Lipinski definition) is 5. The molecule has 2 rings (SSSR count). The van der Waals surface area contributed by atoms with Gasteiger partial charge in [-0.05, 0) is 24.6 Å². The molecule has 0 radical (unpaired) electrons. The molecule has 1 atom stereocenters. The number of aliphatic hydroxyl groups is 1. The highest BCUT2D eigenvalue weighted by Gasteiger charge is 2.08. The Morgan fingerprint density at radius 2 is 2.35 bits per heavy atom. The smallest absolute Gasteiger partial charge is 0.166 e. The first kappa shape index (κ1) is 15.3. The molecule has 0 aliphatic heterocycles. The van der Waals surface area contributed by atoms with Gasteiger partial charge in [-0.2, -0.15) is 0 Å². The largest absolute Gasteiger partial charge is 0.391 e. The minimum atomic E-state index is -0.396. The Hall–Kier alpha value is -1.08. The van der Waals surface area contributed by atoms with E-state index in [0.29, 0.717) is 18.9 Å². The van der Waals surface area contributed by atoms with E-state index in [1.807, 2.05) is 12.1 Å². The van der Waals surface area contributed by atoms with Gasteiger partial charge in [-0.15, -0.1) is 0 Å². The number of benzene rings is 1. The topological polar surface area (TPSA) is 70.2 Å². The maximum absolute atomic E-state index is 9.86. The fourth-order valence-corrected chi connectivity index (χ4v) is 2.66. The normalized spacial score (nSPS) is 12.9. The number of aromatic nitrogens is 2. The van der Waals surface area contributed by atoms with Crippen LogP contribution in [0.1, 0.15) is 5.56 Å². The molecule has 0 saturated heterocycles. The highest BCUT2D eigenvalue weighted by atomic mass is 32.2. The summed E-state index contributed by atoms with van der Waals surface area (Å²) in [6.07, 6.45) is -0.396. The molecule has 0 saturated carbocycles. The second kappa shape index (κ2) is 7.64. The van der Waals surface area contributed by atoms with Gasteiger partial charge in [0.15, 0.2) is 5.16 Å². The fourth-order valence-electron chi connectivity index (χ4n) is 1.85. The summed E-state index contributed by atoms with van der Waals surface area (Å²) in [6.45, 7) is 4.03. The van der Waals surface area contributed by atoms with E-state index in [-0.39, 0.29) is 0 Å². The van der Waals surface area contributed by atoms with Gasteiger partial charge in [0.25, 0.3) is 0 Å². The number of H-pyrrole nitrogens is 1. The maximum Gasteiger partial charge on any atom is 0.166 e. The number of fused-ring (bicyclic) bond motifs is 1. The van der Waals surface area contributed by atoms with E-state index in [1.54, 1.807) is 7.11 Å². The molecule has 0 bridgehead atoms. The van der Waals surface area contributed by atoms with E-state index >= 15 is 0 Å². The van der Waals surface area contributed by atoms with Crippen molar-refractivity contribution >= 4 is 22.8 Å². The number of rotatable bonds is 8. The average molecular weight is 295 g/mol. The second-order valence-corrected chi connectivity index (χ2v) is 5.73. The molecular weight excluding hydrogens is 274 g/mol. The van der Waals surface area contributed by atoms with Crippen LogP contribution < -0.4 is 5.32 Å². The maximum atomic E-state index is 9.86. The van der Waals surface area contributed by atoms with Crippen LogP contribution in [0, 0.1) is 6.92 Å². The predicted molar refractivity (Wildman–Crippen MR) is 82.3 cm³/mol. The summed E-state index contributed by atoms with van der Waals surface area (Å²) in [7, 11) is 1.66. The van der Waals surface area contributed by atoms with E-state index in [0.717, 1.165) is 22.7 Å². The molecule has 0 spiro atoms. The Morgan fingerprint density at radius 1 is 1.50 bits per heavy atom. The number of thioether (sulfide) groups is 1. The van der Waals surface area contributed by atoms with E-state index in [9.17, 15) is 5.11 Å². The molecule has 3 N–H and O–H groups in total. The zero-order valence-electron chi connectivity index (χ0n) is 11.8. The third kappa shape index (κ3) is 4.49. The number of aliphatic hydroxyl groups excluding tert-OH is 1. The van der Waals surface area contributed by atoms with Crippen molar-refractivity contribution in [3.8, 4) is 0 Å². The molecule has 110 valence electrons. The molecule has 0 aliphatic rings. The van der Waals surface area contributed by atoms with Crippen LogP contribution in [0.2, 0.25) is 0 Å². The zero-order valence-corrected chi connectivity index (χ0v) is 12.7. The summed E-state index contributed by atoms with van der Waals surface area (Å²) in [6, 6.07) is 6.13. The Balaban J connectivity index is 1.80. The third-order valence-electron chi connectivity index (χ3n) is 2.89. The Bertz CT molecular complexity index is 544. The van der Waals surface area contributed by atoms with Crippen molar-refractivity contribution in [3.05, 3.63) is 23.8 Å². The van der Waals surface area contributed by atoms with Crippen molar-refractivity contribution in [3.63, 3.8) is 0 Å². The molecule has 0 amide bonds. The van der Waals surface area contributed by atoms with Crippen LogP contribution in [0.15, 0.2) is 23.4 Å². The molecule has 1 aromatic carbocycles. The standard InChI is InChI=1S/C14H21N3O2S/c1-10-3-4-12-13(7-10)17-14(16-12)20-9-11(18)8-15-5-6-19-2/h3-4,7,11,15,18H,5-6,8-9H2,1-2H3,(H,16,17). The number of aryl methyl sites for hydroxylation is 1. The van der Waals surface area contributed by atoms with Crippen LogP contribution in [0.5, 0.6) is 0 Å². The van der Waals surface area contributed by atoms with Gasteiger partial charge in [-0.1, -0.05) is 17.8 Å². The summed E-state index contributed by atoms with van der Waals surface area (Å²) in [5, 5.41) is 13.8. The lowest BCUT2D eigenvalue weighted by Crippen LogP contribution is -2.30. The number of hydrogen-bond donors (Lipinski definition) is 3. The summed E-state index contributed by atoms with van der Waals surface area (Å²) in [5.41, 5.74) is 3.21. The van der Waals surface area contributed by atoms with Gasteiger partial charge in [-0.25, -0.2) is 4.98 Å². The molecule has 1 aromatic heterocycles. The molecular formula is C14H21N3O2S. The van der Waals surface area contributed by atoms with Crippen molar-refractivity contribution in [2.75, 3.05) is 32.6 Å². The summed E-state index contributed by atoms with van der Waals surface area (Å²) < 4.78 is 4.93. The molecule has 6 heteroatoms. The van der Waals surface area contributed by atoms with Gasteiger partial charge >= 0.3 is 0 Å². The van der Waals surface area contributed by atoms with E-state index in [4.69, 9.17) is 4.74 Å². The first-order valence-corrected chi connectivity index (χ1v) is 7.64. The molecule has 1 unspecified atom stereocenters. The Kier molecular flexibility index (Phi) is 5.85. The number of ether oxygens (including phenoxy) is 1. The van der Waals surface area contributed by atoms with Crippen LogP contribution in [-0.2, 0) is 4.74 Å². The van der Waals surface area contributed by atoms with Crippen molar-refractivity contribution in [2.24, 2.45) is 0 Å². The molecule has 1 heterocycles. The lowest BCUT2D eigenvalue weighted by atomic mass is 10.2. The van der Waals surface area contributed by atoms with Crippen LogP contribution in [-0.4, -0.2) is 53.7 Å². The number of methoxy groups -OCH3 is 1. The van der Waals surface area contributed by atoms with Gasteiger partial charge in [0.05, 0.1) is 23.7 Å². The van der Waals surface area contributed by atoms with Gasteiger partial charge in [0, 0.05) is 26.0 Å². The second-order valence-electron chi connectivity index (χ2n) is 4.72. The van der Waals surface area contributed by atoms with E-state index < -0.39 is 6.10 Å². The van der Waals surface area contributed by atoms with Gasteiger partial charge in [0.2, 0.25) is 0 Å². The van der Waals surface area contributed by atoms with Gasteiger partial charge in [-0.3, -0.25) is 0 Å². The van der Waals surface area contributed by atoms with Crippen LogP contribution >= 0.6 is 11.8 Å². The van der Waals surface area contributed by atoms with Crippen molar-refractivity contribution in [1.82, 2.24) is 15.3 Å². The van der Waals surface area contributed by atoms with E-state index in [2.05, 4.69) is 28.3 Å². The highest BCUT2D eigenvalue weighted by Crippen LogP contribution is 2.20. The monoisotopic (exact) mass is 295 g/mol. The minimum Gasteiger partial charge on any atom is -0.391 e. The summed E-state index contributed by atoms with van der Waals surface area (Å²) >= 11 is 1.54. The van der Waals surface area contributed by atoms with Crippen LogP contribution in [0.3, 0.4) is 0 Å². The zero-order chi connectivity index (χ0) is 14.4. The SMILES string of the molecule is COCCNCC(O)CSc1nc2ccc(C)cc2[nH]1. The molecule has 5 nitrogen and oxygen atoms in total. The van der Waals surface area contributed by atoms with Gasteiger partial charge < -0.3 is 20.1 Å². The molecule has 2 aromatic rings. The average Bonchev–Trinajstić information content (AvgIpc) is 2.83. The predicted octanol–water partition coefficient (Wildman–Crippen LogP) is 1.56. The lowest BCUT2D eigenvalue weighted by Gasteiger charge is -2.10. The van der Waals surface area contributed by atoms with Gasteiger partial charge in [0.1, 0.15) is 0 Å². The van der Waals surface area contributed by atoms with Crippen molar-refractivity contribution in [2.45, 2.75) is 18.2 Å². The minimum absolute atomic E-state index is 0.396. The van der Waals surface area contributed by atoms with Crippen molar-refractivity contribution in [1.29, 1.82) is 0 Å². The Labute approximate surface area is 123 Å². The third-order valence-corrected chi connectivity index (χ3v) is 3.91. The van der Waals surface area contributed by atoms with E-state index in [1.165, 1.54) is 17.3 Å². The molecule has 0 aliphatic carbocycles. The highest BCUT2D eigenvalue weighted by molar-refractivity contribution is 7.99. The van der Waals surface area contributed by atoms with Crippen molar-refractivity contribution < 1.29 is 9.84 Å². The van der Waals surface area contributed by atoms with Crippen LogP contribution in [0.4, 0.5) is 0 Å². The first-order valence-electron chi connectivity index (χ1n) is 6.66. The molecule has 0 fully saturated rings. The quantitative estimate of drug-likeness (QED) is 0.509. The molecule has 20 heavy (non-hydrogen) atoms. The Morgan fingerprint density at radius 3 is 3.15 bits per heavy atom. The number of nitrogens with zero attached hydrogens (tertiary/aromatic N) is 1. The fraction of sp³-hybridized carbons (Fsp3) is 0.500. The van der Waals surface area contributed by atoms with Crippen LogP contribution in [0.25, 0.3) is 11.0 Å². The number of nitrogens with one attached hydrogen (secondary N) is 2. The first-order chi connectivity index (χ1) is 9.69.